The third-order valence-electron chi connectivity index (χ3n) is 4.16. The second kappa shape index (κ2) is 9.58. The summed E-state index contributed by atoms with van der Waals surface area (Å²) in [6.45, 7) is -0.458. The van der Waals surface area contributed by atoms with Crippen LogP contribution in [0, 0.1) is 0 Å². The van der Waals surface area contributed by atoms with Gasteiger partial charge in [0.2, 0.25) is 10.0 Å². The highest BCUT2D eigenvalue weighted by Gasteiger charge is 2.26. The summed E-state index contributed by atoms with van der Waals surface area (Å²) < 4.78 is 63.5. The van der Waals surface area contributed by atoms with E-state index in [2.05, 4.69) is 15.0 Å². The number of halogens is 3. The molecule has 0 aliphatic rings. The second-order valence-corrected chi connectivity index (χ2v) is 9.17. The molecule has 0 saturated heterocycles. The molecule has 0 bridgehead atoms. The lowest BCUT2D eigenvalue weighted by Gasteiger charge is -2.08. The van der Waals surface area contributed by atoms with Gasteiger partial charge >= 0.3 is 6.18 Å². The largest absolute Gasteiger partial charge is 0.390 e. The third kappa shape index (κ3) is 6.61. The number of hydrogen-bond donors (Lipinski definition) is 2. The highest BCUT2D eigenvalue weighted by Crippen LogP contribution is 2.23. The van der Waals surface area contributed by atoms with Crippen molar-refractivity contribution in [1.29, 1.82) is 0 Å². The average molecular weight is 470 g/mol. The highest BCUT2D eigenvalue weighted by molar-refractivity contribution is 7.89. The summed E-state index contributed by atoms with van der Waals surface area (Å²) in [6, 6.07) is 14.2. The first-order chi connectivity index (χ1) is 14.6. The molecule has 0 saturated carbocycles. The van der Waals surface area contributed by atoms with Crippen LogP contribution in [0.25, 0.3) is 11.3 Å². The molecule has 0 spiro atoms. The van der Waals surface area contributed by atoms with Crippen LogP contribution in [0.5, 0.6) is 0 Å². The van der Waals surface area contributed by atoms with Gasteiger partial charge in [0, 0.05) is 23.1 Å². The summed E-state index contributed by atoms with van der Waals surface area (Å²) in [5.74, 6) is -0.593. The van der Waals surface area contributed by atoms with Crippen molar-refractivity contribution in [3.05, 3.63) is 70.5 Å². The van der Waals surface area contributed by atoms with Crippen molar-refractivity contribution in [2.24, 2.45) is 0 Å². The zero-order chi connectivity index (χ0) is 22.5. The van der Waals surface area contributed by atoms with Crippen molar-refractivity contribution in [2.75, 3.05) is 6.54 Å². The van der Waals surface area contributed by atoms with Crippen LogP contribution in [-0.2, 0) is 16.6 Å². The van der Waals surface area contributed by atoms with Crippen molar-refractivity contribution in [3.63, 3.8) is 0 Å². The molecule has 1 amide bonds. The van der Waals surface area contributed by atoms with Crippen molar-refractivity contribution in [2.45, 2.75) is 24.0 Å². The number of carbonyl (C=O) groups is 1. The lowest BCUT2D eigenvalue weighted by atomic mass is 10.1. The minimum atomic E-state index is -4.32. The van der Waals surface area contributed by atoms with Crippen LogP contribution >= 0.6 is 11.3 Å². The van der Waals surface area contributed by atoms with Crippen LogP contribution in [0.4, 0.5) is 13.2 Å². The van der Waals surface area contributed by atoms with Gasteiger partial charge in [0.15, 0.2) is 0 Å². The third-order valence-corrected chi connectivity index (χ3v) is 6.42. The van der Waals surface area contributed by atoms with Crippen molar-refractivity contribution in [3.8, 4) is 11.3 Å². The van der Waals surface area contributed by atoms with Gasteiger partial charge in [0.25, 0.3) is 5.91 Å². The molecule has 3 rings (SSSR count). The van der Waals surface area contributed by atoms with E-state index in [1.165, 1.54) is 35.6 Å². The number of alkyl halides is 3. The van der Waals surface area contributed by atoms with Crippen molar-refractivity contribution in [1.82, 2.24) is 15.0 Å². The predicted molar refractivity (Wildman–Crippen MR) is 111 cm³/mol. The molecule has 2 N–H and O–H groups in total. The number of carbonyl (C=O) groups excluding carboxylic acids is 1. The molecule has 2 aromatic carbocycles. The van der Waals surface area contributed by atoms with Gasteiger partial charge in [-0.25, -0.2) is 18.1 Å². The first-order valence-electron chi connectivity index (χ1n) is 9.08. The normalized spacial score (nSPS) is 12.0. The van der Waals surface area contributed by atoms with Gasteiger partial charge in [-0.1, -0.05) is 30.3 Å². The maximum absolute atomic E-state index is 12.3. The van der Waals surface area contributed by atoms with Crippen LogP contribution in [0.2, 0.25) is 0 Å². The minimum Gasteiger partial charge on any atom is -0.352 e. The van der Waals surface area contributed by atoms with E-state index in [0.29, 0.717) is 16.3 Å². The Bertz CT molecular complexity index is 1130. The number of aromatic nitrogens is 1. The zero-order valence-corrected chi connectivity index (χ0v) is 17.7. The first kappa shape index (κ1) is 22.9. The Morgan fingerprint density at radius 1 is 1.03 bits per heavy atom. The van der Waals surface area contributed by atoms with Gasteiger partial charge in [0.05, 0.1) is 23.6 Å². The van der Waals surface area contributed by atoms with Gasteiger partial charge < -0.3 is 5.32 Å². The van der Waals surface area contributed by atoms with Crippen LogP contribution in [0.15, 0.2) is 64.9 Å². The van der Waals surface area contributed by atoms with Crippen molar-refractivity contribution >= 4 is 27.3 Å². The van der Waals surface area contributed by atoms with Gasteiger partial charge in [-0.15, -0.1) is 11.3 Å². The molecule has 0 atom stereocenters. The smallest absolute Gasteiger partial charge is 0.352 e. The molecule has 6 nitrogen and oxygen atoms in total. The van der Waals surface area contributed by atoms with E-state index in [1.807, 2.05) is 0 Å². The minimum absolute atomic E-state index is 0.0294. The van der Waals surface area contributed by atoms with E-state index in [-0.39, 0.29) is 17.0 Å². The van der Waals surface area contributed by atoms with Crippen LogP contribution in [-0.4, -0.2) is 32.0 Å². The monoisotopic (exact) mass is 469 g/mol. The fourth-order valence-electron chi connectivity index (χ4n) is 2.58. The molecular weight excluding hydrogens is 451 g/mol. The molecule has 0 aliphatic carbocycles. The molecule has 11 heteroatoms. The molecule has 0 unspecified atom stereocenters. The van der Waals surface area contributed by atoms with E-state index in [9.17, 15) is 26.4 Å². The molecule has 31 heavy (non-hydrogen) atoms. The zero-order valence-electron chi connectivity index (χ0n) is 16.0. The lowest BCUT2D eigenvalue weighted by Crippen LogP contribution is -2.27. The molecule has 0 fully saturated rings. The summed E-state index contributed by atoms with van der Waals surface area (Å²) in [5, 5.41) is 4.54. The molecule has 164 valence electrons. The van der Waals surface area contributed by atoms with E-state index in [4.69, 9.17) is 0 Å². The Kier molecular flexibility index (Phi) is 7.08. The second-order valence-electron chi connectivity index (χ2n) is 6.46. The fourth-order valence-corrected chi connectivity index (χ4v) is 4.42. The maximum Gasteiger partial charge on any atom is 0.390 e. The Balaban J connectivity index is 1.59. The van der Waals surface area contributed by atoms with Crippen LogP contribution < -0.4 is 10.0 Å². The highest BCUT2D eigenvalue weighted by atomic mass is 32.2. The molecule has 1 aromatic heterocycles. The van der Waals surface area contributed by atoms with E-state index >= 15 is 0 Å². The molecule has 3 aromatic rings. The van der Waals surface area contributed by atoms with Crippen molar-refractivity contribution < 1.29 is 26.4 Å². The molecule has 0 radical (unpaired) electrons. The Hall–Kier alpha value is -2.76. The number of hydrogen-bond acceptors (Lipinski definition) is 5. The number of amides is 1. The summed E-state index contributed by atoms with van der Waals surface area (Å²) in [6.07, 6.45) is -5.42. The quantitative estimate of drug-likeness (QED) is 0.523. The van der Waals surface area contributed by atoms with E-state index < -0.39 is 35.1 Å². The Labute approximate surface area is 181 Å². The maximum atomic E-state index is 12.3. The van der Waals surface area contributed by atoms with Gasteiger partial charge in [0.1, 0.15) is 5.01 Å². The van der Waals surface area contributed by atoms with Gasteiger partial charge in [-0.05, 0) is 24.3 Å². The standard InChI is InChI=1S/C20H18F3N3O3S2/c21-20(22,23)10-11-24-19(27)15-8-6-14(7-9-15)17-13-30-18(26-17)12-25-31(28,29)16-4-2-1-3-5-16/h1-9,13,25H,10-12H2,(H,24,27). The van der Waals surface area contributed by atoms with E-state index in [0.717, 1.165) is 0 Å². The number of nitrogens with one attached hydrogen (secondary N) is 2. The average Bonchev–Trinajstić information content (AvgIpc) is 3.21. The van der Waals surface area contributed by atoms with Gasteiger partial charge in [-0.3, -0.25) is 4.79 Å². The first-order valence-corrected chi connectivity index (χ1v) is 11.4. The van der Waals surface area contributed by atoms with Crippen LogP contribution in [0.1, 0.15) is 21.8 Å². The molecule has 1 heterocycles. The molecular formula is C20H18F3N3O3S2. The molecule has 0 aliphatic heterocycles. The number of sulfonamides is 1. The number of thiazole rings is 1. The fraction of sp³-hybridized carbons (Fsp3) is 0.200. The summed E-state index contributed by atoms with van der Waals surface area (Å²) in [7, 11) is -3.64. The summed E-state index contributed by atoms with van der Waals surface area (Å²) in [4.78, 5) is 16.5. The summed E-state index contributed by atoms with van der Waals surface area (Å²) >= 11 is 1.28. The Morgan fingerprint density at radius 3 is 2.35 bits per heavy atom. The van der Waals surface area contributed by atoms with E-state index in [1.54, 1.807) is 35.7 Å². The van der Waals surface area contributed by atoms with Gasteiger partial charge in [-0.2, -0.15) is 13.2 Å². The summed E-state index contributed by atoms with van der Waals surface area (Å²) in [5.41, 5.74) is 1.53. The lowest BCUT2D eigenvalue weighted by molar-refractivity contribution is -0.132. The number of nitrogens with zero attached hydrogens (tertiary/aromatic N) is 1. The number of rotatable bonds is 8. The SMILES string of the molecule is O=C(NCCC(F)(F)F)c1ccc(-c2csc(CNS(=O)(=O)c3ccccc3)n2)cc1. The number of benzene rings is 2. The van der Waals surface area contributed by atoms with Crippen LogP contribution in [0.3, 0.4) is 0 Å². The topological polar surface area (TPSA) is 88.2 Å². The predicted octanol–water partition coefficient (Wildman–Crippen LogP) is 3.97. The Morgan fingerprint density at radius 2 is 1.71 bits per heavy atom.